The third-order valence-electron chi connectivity index (χ3n) is 8.69. The van der Waals surface area contributed by atoms with E-state index in [1.165, 1.54) is 32.7 Å². The van der Waals surface area contributed by atoms with E-state index in [0.717, 1.165) is 39.1 Å². The highest BCUT2D eigenvalue weighted by molar-refractivity contribution is 6.27. The Morgan fingerprint density at radius 1 is 0.711 bits per heavy atom. The molecule has 45 heavy (non-hydrogen) atoms. The summed E-state index contributed by atoms with van der Waals surface area (Å²) in [6.07, 6.45) is 1.52. The Balaban J connectivity index is 1.29. The number of anilines is 1. The third kappa shape index (κ3) is 4.84. The molecule has 8 rings (SSSR count). The monoisotopic (exact) mass is 584 g/mol. The van der Waals surface area contributed by atoms with Gasteiger partial charge in [0.25, 0.3) is 0 Å². The van der Waals surface area contributed by atoms with Gasteiger partial charge in [0.15, 0.2) is 5.88 Å². The first-order valence-electron chi connectivity index (χ1n) is 15.3. The number of aliphatic imine (C=N–C) groups is 1. The zero-order valence-corrected chi connectivity index (χ0v) is 24.9. The summed E-state index contributed by atoms with van der Waals surface area (Å²) < 4.78 is 6.00. The molecule has 0 saturated heterocycles. The van der Waals surface area contributed by atoms with Crippen molar-refractivity contribution < 1.29 is 4.42 Å². The molecule has 4 N–H and O–H groups in total. The van der Waals surface area contributed by atoms with Crippen molar-refractivity contribution in [2.45, 2.75) is 19.3 Å². The molecule has 0 bridgehead atoms. The third-order valence-corrected chi connectivity index (χ3v) is 8.69. The highest BCUT2D eigenvalue weighted by Gasteiger charge is 2.29. The van der Waals surface area contributed by atoms with Gasteiger partial charge < -0.3 is 15.5 Å². The number of fused-ring (bicyclic) bond motifs is 3. The van der Waals surface area contributed by atoms with Crippen molar-refractivity contribution in [2.24, 2.45) is 4.99 Å². The Morgan fingerprint density at radius 3 is 2.22 bits per heavy atom. The van der Waals surface area contributed by atoms with E-state index in [-0.39, 0.29) is 12.3 Å². The fourth-order valence-corrected chi connectivity index (χ4v) is 6.51. The first kappa shape index (κ1) is 26.9. The standard InChI is InChI=1S/C40H32N4O/c1-2-31(36-33-18-10-11-19-35(33)45-37(36)41)40-43-38(29-21-20-25-12-6-7-15-27(25)22-29)42-39(44-40)30-23-28-16-8-9-17-32(28)34(24-30)26-13-4-3-5-14-26/h2-24,38-39,42H,41H2,1H3,(H,43,44)/b31-2+. The Labute approximate surface area is 261 Å². The van der Waals surface area contributed by atoms with Crippen molar-refractivity contribution in [3.05, 3.63) is 156 Å². The summed E-state index contributed by atoms with van der Waals surface area (Å²) in [5.41, 5.74) is 13.6. The van der Waals surface area contributed by atoms with Crippen LogP contribution >= 0.6 is 0 Å². The van der Waals surface area contributed by atoms with Crippen molar-refractivity contribution in [2.75, 3.05) is 5.73 Å². The number of hydrogen-bond donors (Lipinski definition) is 3. The number of para-hydroxylation sites is 1. The summed E-state index contributed by atoms with van der Waals surface area (Å²) in [7, 11) is 0. The van der Waals surface area contributed by atoms with E-state index in [9.17, 15) is 0 Å². The predicted molar refractivity (Wildman–Crippen MR) is 187 cm³/mol. The number of amidine groups is 1. The second-order valence-corrected chi connectivity index (χ2v) is 11.4. The van der Waals surface area contributed by atoms with Crippen LogP contribution in [0, 0.1) is 0 Å². The maximum Gasteiger partial charge on any atom is 0.199 e. The van der Waals surface area contributed by atoms with Gasteiger partial charge in [0.1, 0.15) is 23.8 Å². The average molecular weight is 585 g/mol. The maximum absolute atomic E-state index is 6.53. The zero-order valence-electron chi connectivity index (χ0n) is 24.9. The predicted octanol–water partition coefficient (Wildman–Crippen LogP) is 9.38. The molecule has 2 unspecified atom stereocenters. The van der Waals surface area contributed by atoms with Gasteiger partial charge in [-0.05, 0) is 75.0 Å². The summed E-state index contributed by atoms with van der Waals surface area (Å²) in [6, 6.07) is 46.6. The van der Waals surface area contributed by atoms with E-state index in [0.29, 0.717) is 5.88 Å². The lowest BCUT2D eigenvalue weighted by atomic mass is 9.94. The second-order valence-electron chi connectivity index (χ2n) is 11.4. The van der Waals surface area contributed by atoms with Gasteiger partial charge in [-0.2, -0.15) is 0 Å². The lowest BCUT2D eigenvalue weighted by Crippen LogP contribution is -2.45. The molecular weight excluding hydrogens is 552 g/mol. The van der Waals surface area contributed by atoms with Crippen LogP contribution in [0.15, 0.2) is 149 Å². The molecule has 1 aromatic heterocycles. The van der Waals surface area contributed by atoms with Gasteiger partial charge in [-0.25, -0.2) is 4.99 Å². The largest absolute Gasteiger partial charge is 0.440 e. The number of rotatable bonds is 5. The van der Waals surface area contributed by atoms with Gasteiger partial charge in [-0.3, -0.25) is 5.32 Å². The minimum Gasteiger partial charge on any atom is -0.440 e. The average Bonchev–Trinajstić information content (AvgIpc) is 3.43. The van der Waals surface area contributed by atoms with Crippen LogP contribution in [0.4, 0.5) is 5.88 Å². The smallest absolute Gasteiger partial charge is 0.199 e. The summed E-state index contributed by atoms with van der Waals surface area (Å²) in [5.74, 6) is 1.13. The lowest BCUT2D eigenvalue weighted by Gasteiger charge is -2.33. The van der Waals surface area contributed by atoms with E-state index < -0.39 is 0 Å². The van der Waals surface area contributed by atoms with Gasteiger partial charge in [-0.1, -0.05) is 115 Å². The van der Waals surface area contributed by atoms with Crippen LogP contribution < -0.4 is 16.4 Å². The lowest BCUT2D eigenvalue weighted by molar-refractivity contribution is 0.411. The number of nitrogen functional groups attached to an aromatic ring is 1. The fraction of sp³-hybridized carbons (Fsp3) is 0.0750. The number of nitrogens with zero attached hydrogens (tertiary/aromatic N) is 1. The van der Waals surface area contributed by atoms with E-state index >= 15 is 0 Å². The van der Waals surface area contributed by atoms with E-state index in [1.807, 2.05) is 31.2 Å². The molecule has 1 aliphatic rings. The molecule has 1 aliphatic heterocycles. The van der Waals surface area contributed by atoms with Gasteiger partial charge in [-0.15, -0.1) is 0 Å². The van der Waals surface area contributed by atoms with Crippen molar-refractivity contribution in [3.63, 3.8) is 0 Å². The maximum atomic E-state index is 6.53. The number of hydrogen-bond acceptors (Lipinski definition) is 5. The molecule has 2 heterocycles. The first-order chi connectivity index (χ1) is 22.2. The second kappa shape index (κ2) is 11.1. The van der Waals surface area contributed by atoms with Crippen molar-refractivity contribution in [3.8, 4) is 11.1 Å². The van der Waals surface area contributed by atoms with Gasteiger partial charge in [0.05, 0.1) is 5.56 Å². The molecule has 5 nitrogen and oxygen atoms in total. The van der Waals surface area contributed by atoms with E-state index in [4.69, 9.17) is 15.1 Å². The minimum absolute atomic E-state index is 0.240. The van der Waals surface area contributed by atoms with Gasteiger partial charge in [0, 0.05) is 11.0 Å². The van der Waals surface area contributed by atoms with E-state index in [2.05, 4.69) is 126 Å². The fourth-order valence-electron chi connectivity index (χ4n) is 6.51. The highest BCUT2D eigenvalue weighted by atomic mass is 16.3. The number of allylic oxidation sites excluding steroid dienone is 1. The van der Waals surface area contributed by atoms with Crippen molar-refractivity contribution >= 4 is 49.8 Å². The number of furan rings is 1. The molecule has 0 spiro atoms. The molecule has 0 radical (unpaired) electrons. The molecule has 6 aromatic carbocycles. The molecule has 7 aromatic rings. The van der Waals surface area contributed by atoms with Crippen LogP contribution in [-0.4, -0.2) is 5.84 Å². The molecule has 218 valence electrons. The van der Waals surface area contributed by atoms with Crippen LogP contribution in [-0.2, 0) is 0 Å². The zero-order chi connectivity index (χ0) is 30.3. The number of nitrogens with two attached hydrogens (primary N) is 1. The molecule has 0 fully saturated rings. The summed E-state index contributed by atoms with van der Waals surface area (Å²) >= 11 is 0. The van der Waals surface area contributed by atoms with Gasteiger partial charge in [0.2, 0.25) is 0 Å². The Bertz CT molecular complexity index is 2260. The van der Waals surface area contributed by atoms with Crippen molar-refractivity contribution in [1.29, 1.82) is 0 Å². The first-order valence-corrected chi connectivity index (χ1v) is 15.3. The molecule has 0 saturated carbocycles. The normalized spacial score (nSPS) is 17.0. The molecular formula is C40H32N4O. The topological polar surface area (TPSA) is 75.6 Å². The Kier molecular flexibility index (Phi) is 6.66. The Morgan fingerprint density at radius 2 is 1.40 bits per heavy atom. The molecule has 0 aliphatic carbocycles. The summed E-state index contributed by atoms with van der Waals surface area (Å²) in [4.78, 5) is 5.28. The minimum atomic E-state index is -0.308. The number of nitrogens with one attached hydrogen (secondary N) is 2. The number of benzene rings is 6. The van der Waals surface area contributed by atoms with Crippen LogP contribution in [0.25, 0.3) is 49.2 Å². The summed E-state index contributed by atoms with van der Waals surface area (Å²) in [6.45, 7) is 2.02. The van der Waals surface area contributed by atoms with Gasteiger partial charge >= 0.3 is 0 Å². The van der Waals surface area contributed by atoms with Crippen molar-refractivity contribution in [1.82, 2.24) is 10.6 Å². The SMILES string of the molecule is C/C=C(/C1=NC(c2ccc3ccccc3c2)NC(c2cc(-c3ccccc3)c3ccccc3c2)N1)c1c(N)oc2ccccc12. The molecule has 5 heteroatoms. The molecule has 0 amide bonds. The molecule has 2 atom stereocenters. The van der Waals surface area contributed by atoms with Crippen LogP contribution in [0.1, 0.15) is 35.9 Å². The Hall–Kier alpha value is -5.65. The summed E-state index contributed by atoms with van der Waals surface area (Å²) in [5, 5.41) is 13.3. The van der Waals surface area contributed by atoms with Crippen LogP contribution in [0.2, 0.25) is 0 Å². The highest BCUT2D eigenvalue weighted by Crippen LogP contribution is 2.38. The quantitative estimate of drug-likeness (QED) is 0.188. The van der Waals surface area contributed by atoms with E-state index in [1.54, 1.807) is 0 Å². The van der Waals surface area contributed by atoms with Crippen LogP contribution in [0.5, 0.6) is 0 Å². The van der Waals surface area contributed by atoms with Crippen LogP contribution in [0.3, 0.4) is 0 Å².